The summed E-state index contributed by atoms with van der Waals surface area (Å²) < 4.78 is 22.9. The summed E-state index contributed by atoms with van der Waals surface area (Å²) in [5.41, 5.74) is 2.49. The molecule has 0 spiro atoms. The molecule has 11 nitrogen and oxygen atoms in total. The lowest BCUT2D eigenvalue weighted by molar-refractivity contribution is -0.277. The highest BCUT2D eigenvalue weighted by Gasteiger charge is 2.44. The van der Waals surface area contributed by atoms with Crippen molar-refractivity contribution in [2.45, 2.75) is 49.6 Å². The van der Waals surface area contributed by atoms with E-state index in [-0.39, 0.29) is 19.3 Å². The summed E-state index contributed by atoms with van der Waals surface area (Å²) in [7, 11) is 0. The molecule has 0 saturated carbocycles. The predicted octanol–water partition coefficient (Wildman–Crippen LogP) is -0.282. The zero-order valence-corrected chi connectivity index (χ0v) is 20.8. The van der Waals surface area contributed by atoms with Gasteiger partial charge in [-0.15, -0.1) is 0 Å². The Labute approximate surface area is 219 Å². The average molecular weight is 534 g/mol. The van der Waals surface area contributed by atoms with Gasteiger partial charge in [-0.3, -0.25) is 0 Å². The number of nitrogens with one attached hydrogen (secondary N) is 1. The van der Waals surface area contributed by atoms with Crippen molar-refractivity contribution in [1.82, 2.24) is 5.32 Å². The van der Waals surface area contributed by atoms with Crippen molar-refractivity contribution in [3.63, 3.8) is 0 Å². The Morgan fingerprint density at radius 1 is 0.921 bits per heavy atom. The third-order valence-corrected chi connectivity index (χ3v) is 6.55. The van der Waals surface area contributed by atoms with E-state index in [0.717, 1.165) is 11.1 Å². The number of hydrogen-bond acceptors (Lipinski definition) is 11. The van der Waals surface area contributed by atoms with Crippen LogP contribution in [0.1, 0.15) is 11.1 Å². The lowest BCUT2D eigenvalue weighted by Gasteiger charge is -2.39. The van der Waals surface area contributed by atoms with Crippen molar-refractivity contribution < 1.29 is 49.3 Å². The maximum Gasteiger partial charge on any atom is 0.229 e. The Kier molecular flexibility index (Phi) is 9.94. The van der Waals surface area contributed by atoms with E-state index in [2.05, 4.69) is 5.32 Å². The molecule has 0 unspecified atom stereocenters. The standard InChI is InChI=1S/C27H35NO10/c29-12-18(13-30)28-9-10-35-19-4-1-3-16(11-19)7-8-17-15-36-20-5-2-6-21(23(17)20)37-27-26(34)25(33)24(32)22(14-31)38-27/h1-6,11,15,18,22,24-34H,7-10,12-14H2/t22-,24-,25+,26-,27-/m1/s1. The van der Waals surface area contributed by atoms with Gasteiger partial charge in [0.2, 0.25) is 6.29 Å². The average Bonchev–Trinajstić information content (AvgIpc) is 3.36. The first-order valence-electron chi connectivity index (χ1n) is 12.6. The van der Waals surface area contributed by atoms with Crippen LogP contribution in [0.15, 0.2) is 53.1 Å². The molecule has 1 saturated heterocycles. The van der Waals surface area contributed by atoms with Gasteiger partial charge in [0, 0.05) is 12.1 Å². The third kappa shape index (κ3) is 6.63. The molecule has 208 valence electrons. The molecule has 3 aromatic rings. The van der Waals surface area contributed by atoms with E-state index in [1.807, 2.05) is 24.3 Å². The van der Waals surface area contributed by atoms with E-state index in [1.54, 1.807) is 24.5 Å². The molecule has 5 atom stereocenters. The second-order valence-electron chi connectivity index (χ2n) is 9.22. The summed E-state index contributed by atoms with van der Waals surface area (Å²) in [6.07, 6.45) is -3.96. The quantitative estimate of drug-likeness (QED) is 0.144. The summed E-state index contributed by atoms with van der Waals surface area (Å²) in [4.78, 5) is 0. The monoisotopic (exact) mass is 533 g/mol. The van der Waals surface area contributed by atoms with E-state index in [9.17, 15) is 20.4 Å². The van der Waals surface area contributed by atoms with Gasteiger partial charge in [0.25, 0.3) is 0 Å². The van der Waals surface area contributed by atoms with Crippen molar-refractivity contribution in [2.75, 3.05) is 33.0 Å². The van der Waals surface area contributed by atoms with Crippen LogP contribution >= 0.6 is 0 Å². The number of rotatable bonds is 13. The van der Waals surface area contributed by atoms with Crippen LogP contribution in [0.25, 0.3) is 11.0 Å². The van der Waals surface area contributed by atoms with Gasteiger partial charge in [0.15, 0.2) is 0 Å². The lowest BCUT2D eigenvalue weighted by Crippen LogP contribution is -2.60. The molecule has 0 amide bonds. The fourth-order valence-electron chi connectivity index (χ4n) is 4.38. The number of aliphatic hydroxyl groups is 6. The highest BCUT2D eigenvalue weighted by molar-refractivity contribution is 5.87. The first-order chi connectivity index (χ1) is 18.4. The zero-order chi connectivity index (χ0) is 27.1. The minimum absolute atomic E-state index is 0.149. The molecule has 2 heterocycles. The van der Waals surface area contributed by atoms with E-state index in [4.69, 9.17) is 28.8 Å². The minimum Gasteiger partial charge on any atom is -0.492 e. The van der Waals surface area contributed by atoms with Crippen molar-refractivity contribution in [1.29, 1.82) is 0 Å². The van der Waals surface area contributed by atoms with Gasteiger partial charge in [-0.25, -0.2) is 0 Å². The summed E-state index contributed by atoms with van der Waals surface area (Å²) in [5, 5.41) is 61.9. The molecule has 1 aliphatic heterocycles. The van der Waals surface area contributed by atoms with Gasteiger partial charge in [-0.2, -0.15) is 0 Å². The van der Waals surface area contributed by atoms with Crippen LogP contribution in [0.3, 0.4) is 0 Å². The van der Waals surface area contributed by atoms with Crippen LogP contribution in [0.2, 0.25) is 0 Å². The van der Waals surface area contributed by atoms with Gasteiger partial charge in [-0.05, 0) is 42.7 Å². The molecule has 4 rings (SSSR count). The fourth-order valence-corrected chi connectivity index (χ4v) is 4.38. The number of ether oxygens (including phenoxy) is 3. The van der Waals surface area contributed by atoms with Crippen molar-refractivity contribution in [2.24, 2.45) is 0 Å². The molecule has 1 aromatic heterocycles. The Morgan fingerprint density at radius 3 is 2.47 bits per heavy atom. The predicted molar refractivity (Wildman–Crippen MR) is 136 cm³/mol. The summed E-state index contributed by atoms with van der Waals surface area (Å²) in [6, 6.07) is 12.6. The Hall–Kier alpha value is -2.74. The highest BCUT2D eigenvalue weighted by Crippen LogP contribution is 2.34. The van der Waals surface area contributed by atoms with Crippen LogP contribution in [0.5, 0.6) is 11.5 Å². The molecule has 0 bridgehead atoms. The molecule has 7 N–H and O–H groups in total. The third-order valence-electron chi connectivity index (χ3n) is 6.55. The minimum atomic E-state index is -1.54. The van der Waals surface area contributed by atoms with E-state index in [1.165, 1.54) is 0 Å². The molecule has 1 aliphatic rings. The summed E-state index contributed by atoms with van der Waals surface area (Å²) in [6.45, 7) is 0.0181. The second kappa shape index (κ2) is 13.4. The molecular weight excluding hydrogens is 498 g/mol. The zero-order valence-electron chi connectivity index (χ0n) is 20.8. The van der Waals surface area contributed by atoms with Gasteiger partial charge < -0.3 is 54.6 Å². The maximum atomic E-state index is 10.4. The highest BCUT2D eigenvalue weighted by atomic mass is 16.7. The Morgan fingerprint density at radius 2 is 1.71 bits per heavy atom. The van der Waals surface area contributed by atoms with Crippen molar-refractivity contribution in [3.05, 3.63) is 59.9 Å². The largest absolute Gasteiger partial charge is 0.492 e. The first kappa shape index (κ1) is 28.3. The molecule has 38 heavy (non-hydrogen) atoms. The molecular formula is C27H35NO10. The Bertz CT molecular complexity index is 1150. The van der Waals surface area contributed by atoms with Gasteiger partial charge in [0.1, 0.15) is 48.1 Å². The molecule has 1 fully saturated rings. The lowest BCUT2D eigenvalue weighted by atomic mass is 9.99. The van der Waals surface area contributed by atoms with E-state index >= 15 is 0 Å². The van der Waals surface area contributed by atoms with Crippen molar-refractivity contribution >= 4 is 11.0 Å². The van der Waals surface area contributed by atoms with Crippen LogP contribution in [-0.2, 0) is 17.6 Å². The molecule has 0 aliphatic carbocycles. The van der Waals surface area contributed by atoms with Crippen LogP contribution in [0.4, 0.5) is 0 Å². The topological polar surface area (TPSA) is 174 Å². The van der Waals surface area contributed by atoms with Crippen LogP contribution in [0, 0.1) is 0 Å². The molecule has 2 aromatic carbocycles. The fraction of sp³-hybridized carbons (Fsp3) is 0.481. The number of benzene rings is 2. The number of furan rings is 1. The van der Waals surface area contributed by atoms with Gasteiger partial charge >= 0.3 is 0 Å². The van der Waals surface area contributed by atoms with Crippen molar-refractivity contribution in [3.8, 4) is 11.5 Å². The number of fused-ring (bicyclic) bond motifs is 1. The van der Waals surface area contributed by atoms with Gasteiger partial charge in [-0.1, -0.05) is 18.2 Å². The normalized spacial score (nSPS) is 23.7. The number of aliphatic hydroxyl groups excluding tert-OH is 6. The maximum absolute atomic E-state index is 10.4. The number of aryl methyl sites for hydroxylation is 2. The van der Waals surface area contributed by atoms with Crippen LogP contribution in [-0.4, -0.2) is 100 Å². The second-order valence-corrected chi connectivity index (χ2v) is 9.22. The summed E-state index contributed by atoms with van der Waals surface area (Å²) in [5.74, 6) is 1.08. The molecule has 0 radical (unpaired) electrons. The number of hydrogen-bond donors (Lipinski definition) is 7. The van der Waals surface area contributed by atoms with E-state index < -0.39 is 37.3 Å². The smallest absolute Gasteiger partial charge is 0.229 e. The summed E-state index contributed by atoms with van der Waals surface area (Å²) >= 11 is 0. The Balaban J connectivity index is 1.41. The van der Waals surface area contributed by atoms with E-state index in [0.29, 0.717) is 48.5 Å². The molecule has 11 heteroatoms. The van der Waals surface area contributed by atoms with Gasteiger partial charge in [0.05, 0.1) is 37.5 Å². The van der Waals surface area contributed by atoms with Crippen LogP contribution < -0.4 is 14.8 Å². The SMILES string of the molecule is OCC(CO)NCCOc1cccc(CCc2coc3cccc(O[C@@H]4O[C@H](CO)[C@@H](O)[C@H](O)[C@H]4O)c23)c1. The first-order valence-corrected chi connectivity index (χ1v) is 12.6.